The van der Waals surface area contributed by atoms with E-state index in [1.807, 2.05) is 0 Å². The summed E-state index contributed by atoms with van der Waals surface area (Å²) in [5.41, 5.74) is 5.80. The van der Waals surface area contributed by atoms with Gasteiger partial charge in [-0.1, -0.05) is 0 Å². The van der Waals surface area contributed by atoms with E-state index in [0.717, 1.165) is 12.0 Å². The molecule has 0 amide bonds. The third-order valence-electron chi connectivity index (χ3n) is 3.81. The predicted octanol–water partition coefficient (Wildman–Crippen LogP) is 0.360. The molecule has 0 aromatic rings. The summed E-state index contributed by atoms with van der Waals surface area (Å²) >= 11 is 0. The number of hydrogen-bond donors (Lipinski definition) is 1. The molecule has 2 fully saturated rings. The molecule has 1 heterocycles. The fraction of sp³-hybridized carbons (Fsp3) is 1.00. The van der Waals surface area contributed by atoms with Gasteiger partial charge in [0.25, 0.3) is 0 Å². The van der Waals surface area contributed by atoms with Crippen LogP contribution < -0.4 is 5.73 Å². The van der Waals surface area contributed by atoms with Crippen molar-refractivity contribution in [1.82, 2.24) is 9.80 Å². The molecule has 0 bridgehead atoms. The third kappa shape index (κ3) is 2.27. The van der Waals surface area contributed by atoms with Gasteiger partial charge >= 0.3 is 0 Å². The Bertz CT molecular complexity index is 189. The molecule has 3 nitrogen and oxygen atoms in total. The van der Waals surface area contributed by atoms with Gasteiger partial charge in [-0.25, -0.2) is 0 Å². The fourth-order valence-corrected chi connectivity index (χ4v) is 2.72. The maximum Gasteiger partial charge on any atom is 0.0122 e. The maximum atomic E-state index is 5.80. The predicted molar refractivity (Wildman–Crippen MR) is 59.2 cm³/mol. The molecule has 1 atom stereocenters. The van der Waals surface area contributed by atoms with Crippen LogP contribution in [0.15, 0.2) is 0 Å². The Hall–Kier alpha value is -0.120. The minimum absolute atomic E-state index is 0.480. The Morgan fingerprint density at radius 3 is 2.64 bits per heavy atom. The van der Waals surface area contributed by atoms with E-state index in [1.54, 1.807) is 0 Å². The Labute approximate surface area is 87.2 Å². The molecule has 0 aromatic carbocycles. The minimum Gasteiger partial charge on any atom is -0.328 e. The van der Waals surface area contributed by atoms with Crippen molar-refractivity contribution in [3.8, 4) is 0 Å². The van der Waals surface area contributed by atoms with Crippen molar-refractivity contribution in [3.05, 3.63) is 0 Å². The Morgan fingerprint density at radius 1 is 1.43 bits per heavy atom. The van der Waals surface area contributed by atoms with Crippen molar-refractivity contribution in [2.75, 3.05) is 33.7 Å². The summed E-state index contributed by atoms with van der Waals surface area (Å²) in [4.78, 5) is 4.96. The SMILES string of the molecule is CN1CCC(CN(C)C2CC(N)C2)C1. The lowest BCUT2D eigenvalue weighted by Crippen LogP contribution is -2.50. The molecule has 0 aromatic heterocycles. The van der Waals surface area contributed by atoms with Gasteiger partial charge in [0.1, 0.15) is 0 Å². The van der Waals surface area contributed by atoms with Crippen LogP contribution in [0, 0.1) is 5.92 Å². The van der Waals surface area contributed by atoms with Gasteiger partial charge in [-0.05, 0) is 45.8 Å². The van der Waals surface area contributed by atoms with E-state index in [9.17, 15) is 0 Å². The molecule has 0 spiro atoms. The molecular weight excluding hydrogens is 174 g/mol. The number of rotatable bonds is 3. The molecule has 14 heavy (non-hydrogen) atoms. The molecule has 2 rings (SSSR count). The van der Waals surface area contributed by atoms with E-state index in [4.69, 9.17) is 5.73 Å². The molecule has 1 unspecified atom stereocenters. The molecule has 1 aliphatic carbocycles. The normalized spacial score (nSPS) is 39.0. The quantitative estimate of drug-likeness (QED) is 0.709. The Morgan fingerprint density at radius 2 is 2.14 bits per heavy atom. The highest BCUT2D eigenvalue weighted by Crippen LogP contribution is 2.25. The monoisotopic (exact) mass is 197 g/mol. The summed E-state index contributed by atoms with van der Waals surface area (Å²) in [6.07, 6.45) is 3.79. The lowest BCUT2D eigenvalue weighted by Gasteiger charge is -2.40. The standard InChI is InChI=1S/C11H23N3/c1-13-4-3-9(7-13)8-14(2)11-5-10(12)6-11/h9-11H,3-8,12H2,1-2H3. The molecule has 2 N–H and O–H groups in total. The van der Waals surface area contributed by atoms with E-state index in [1.165, 1.54) is 38.9 Å². The highest BCUT2D eigenvalue weighted by molar-refractivity contribution is 4.89. The van der Waals surface area contributed by atoms with Crippen molar-refractivity contribution in [1.29, 1.82) is 0 Å². The maximum absolute atomic E-state index is 5.80. The van der Waals surface area contributed by atoms with Crippen molar-refractivity contribution >= 4 is 0 Å². The van der Waals surface area contributed by atoms with Gasteiger partial charge in [0, 0.05) is 25.2 Å². The molecular formula is C11H23N3. The van der Waals surface area contributed by atoms with Crippen LogP contribution >= 0.6 is 0 Å². The van der Waals surface area contributed by atoms with Gasteiger partial charge in [-0.15, -0.1) is 0 Å². The average Bonchev–Trinajstić information content (AvgIpc) is 2.45. The van der Waals surface area contributed by atoms with Gasteiger partial charge < -0.3 is 15.5 Å². The molecule has 0 radical (unpaired) electrons. The van der Waals surface area contributed by atoms with Crippen LogP contribution in [0.1, 0.15) is 19.3 Å². The summed E-state index contributed by atoms with van der Waals surface area (Å²) < 4.78 is 0. The lowest BCUT2D eigenvalue weighted by atomic mass is 9.86. The van der Waals surface area contributed by atoms with Gasteiger partial charge in [-0.2, -0.15) is 0 Å². The van der Waals surface area contributed by atoms with Gasteiger partial charge in [-0.3, -0.25) is 0 Å². The molecule has 2 aliphatic rings. The third-order valence-corrected chi connectivity index (χ3v) is 3.81. The van der Waals surface area contributed by atoms with Crippen molar-refractivity contribution in [2.24, 2.45) is 11.7 Å². The zero-order chi connectivity index (χ0) is 10.1. The van der Waals surface area contributed by atoms with E-state index >= 15 is 0 Å². The van der Waals surface area contributed by atoms with Gasteiger partial charge in [0.05, 0.1) is 0 Å². The first kappa shape index (κ1) is 10.4. The lowest BCUT2D eigenvalue weighted by molar-refractivity contribution is 0.122. The van der Waals surface area contributed by atoms with Crippen molar-refractivity contribution < 1.29 is 0 Å². The summed E-state index contributed by atoms with van der Waals surface area (Å²) in [5.74, 6) is 0.891. The first-order valence-electron chi connectivity index (χ1n) is 5.79. The molecule has 82 valence electrons. The number of hydrogen-bond acceptors (Lipinski definition) is 3. The minimum atomic E-state index is 0.480. The van der Waals surface area contributed by atoms with Crippen LogP contribution in [-0.4, -0.2) is 55.6 Å². The van der Waals surface area contributed by atoms with Crippen LogP contribution in [0.25, 0.3) is 0 Å². The second-order valence-corrected chi connectivity index (χ2v) is 5.24. The second kappa shape index (κ2) is 4.17. The Balaban J connectivity index is 1.69. The largest absolute Gasteiger partial charge is 0.328 e. The highest BCUT2D eigenvalue weighted by Gasteiger charge is 2.31. The topological polar surface area (TPSA) is 32.5 Å². The summed E-state index contributed by atoms with van der Waals surface area (Å²) in [7, 11) is 4.48. The molecule has 1 saturated heterocycles. The Kier molecular flexibility index (Phi) is 3.10. The van der Waals surface area contributed by atoms with Crippen LogP contribution in [0.5, 0.6) is 0 Å². The molecule has 1 saturated carbocycles. The summed E-state index contributed by atoms with van der Waals surface area (Å²) in [6, 6.07) is 1.25. The zero-order valence-corrected chi connectivity index (χ0v) is 9.45. The summed E-state index contributed by atoms with van der Waals surface area (Å²) in [6.45, 7) is 3.83. The average molecular weight is 197 g/mol. The van der Waals surface area contributed by atoms with Crippen molar-refractivity contribution in [3.63, 3.8) is 0 Å². The number of nitrogens with zero attached hydrogens (tertiary/aromatic N) is 2. The first-order chi connectivity index (χ1) is 6.65. The van der Waals surface area contributed by atoms with E-state index in [0.29, 0.717) is 6.04 Å². The van der Waals surface area contributed by atoms with Crippen molar-refractivity contribution in [2.45, 2.75) is 31.3 Å². The van der Waals surface area contributed by atoms with E-state index in [2.05, 4.69) is 23.9 Å². The van der Waals surface area contributed by atoms with Crippen LogP contribution in [-0.2, 0) is 0 Å². The van der Waals surface area contributed by atoms with E-state index < -0.39 is 0 Å². The second-order valence-electron chi connectivity index (χ2n) is 5.24. The highest BCUT2D eigenvalue weighted by atomic mass is 15.2. The molecule has 1 aliphatic heterocycles. The van der Waals surface area contributed by atoms with Crippen LogP contribution in [0.3, 0.4) is 0 Å². The van der Waals surface area contributed by atoms with Gasteiger partial charge in [0.2, 0.25) is 0 Å². The fourth-order valence-electron chi connectivity index (χ4n) is 2.72. The molecule has 3 heteroatoms. The summed E-state index contributed by atoms with van der Waals surface area (Å²) in [5, 5.41) is 0. The van der Waals surface area contributed by atoms with Crippen LogP contribution in [0.4, 0.5) is 0 Å². The zero-order valence-electron chi connectivity index (χ0n) is 9.45. The van der Waals surface area contributed by atoms with Crippen LogP contribution in [0.2, 0.25) is 0 Å². The number of nitrogens with two attached hydrogens (primary N) is 1. The smallest absolute Gasteiger partial charge is 0.0122 e. The van der Waals surface area contributed by atoms with Gasteiger partial charge in [0.15, 0.2) is 0 Å². The first-order valence-corrected chi connectivity index (χ1v) is 5.79. The number of likely N-dealkylation sites (tertiary alicyclic amines) is 1. The van der Waals surface area contributed by atoms with E-state index in [-0.39, 0.29) is 0 Å².